The molecule has 1 atom stereocenters. The Morgan fingerprint density at radius 1 is 1.00 bits per heavy atom. The minimum atomic E-state index is -1.17. The topological polar surface area (TPSA) is 0 Å². The number of hydrogen-bond donors (Lipinski definition) is 0. The van der Waals surface area contributed by atoms with Crippen molar-refractivity contribution in [2.75, 3.05) is 0 Å². The summed E-state index contributed by atoms with van der Waals surface area (Å²) in [4.78, 5) is 0. The Morgan fingerprint density at radius 3 is 1.79 bits per heavy atom. The molecular formula is C12H26Si2. The van der Waals surface area contributed by atoms with E-state index in [0.29, 0.717) is 5.54 Å². The molecule has 0 rings (SSSR count). The Hall–Kier alpha value is -0.00623. The molecular weight excluding hydrogens is 200 g/mol. The third-order valence-corrected chi connectivity index (χ3v) is 5.66. The van der Waals surface area contributed by atoms with E-state index in [1.807, 2.05) is 0 Å². The van der Waals surface area contributed by atoms with E-state index in [9.17, 15) is 0 Å². The van der Waals surface area contributed by atoms with Crippen LogP contribution in [0.5, 0.6) is 0 Å². The van der Waals surface area contributed by atoms with Gasteiger partial charge in [-0.25, -0.2) is 0 Å². The van der Waals surface area contributed by atoms with Crippen LogP contribution in [-0.4, -0.2) is 16.1 Å². The summed E-state index contributed by atoms with van der Waals surface area (Å²) in [6, 6.07) is 0. The summed E-state index contributed by atoms with van der Waals surface area (Å²) in [5, 5.41) is 0. The Morgan fingerprint density at radius 2 is 1.50 bits per heavy atom. The maximum atomic E-state index is 3.57. The highest BCUT2D eigenvalue weighted by molar-refractivity contribution is 6.84. The smallest absolute Gasteiger partial charge is 0.129 e. The molecule has 0 aromatic carbocycles. The van der Waals surface area contributed by atoms with Gasteiger partial charge >= 0.3 is 0 Å². The van der Waals surface area contributed by atoms with Crippen molar-refractivity contribution in [1.82, 2.24) is 0 Å². The second-order valence-electron chi connectivity index (χ2n) is 6.23. The predicted molar refractivity (Wildman–Crippen MR) is 73.1 cm³/mol. The first-order valence-corrected chi connectivity index (χ1v) is 12.8. The first kappa shape index (κ1) is 14.0. The van der Waals surface area contributed by atoms with Crippen LogP contribution in [0.25, 0.3) is 0 Å². The minimum absolute atomic E-state index is 0.708. The maximum Gasteiger partial charge on any atom is 0.129 e. The van der Waals surface area contributed by atoms with Gasteiger partial charge in [-0.1, -0.05) is 52.6 Å². The maximum absolute atomic E-state index is 3.57. The van der Waals surface area contributed by atoms with E-state index in [4.69, 9.17) is 0 Å². The van der Waals surface area contributed by atoms with Crippen molar-refractivity contribution in [3.8, 4) is 11.5 Å². The molecule has 0 aliphatic heterocycles. The van der Waals surface area contributed by atoms with Gasteiger partial charge in [-0.2, -0.15) is 0 Å². The Balaban J connectivity index is 4.59. The lowest BCUT2D eigenvalue weighted by molar-refractivity contribution is 0.805. The van der Waals surface area contributed by atoms with E-state index in [1.54, 1.807) is 0 Å². The molecule has 2 heteroatoms. The van der Waals surface area contributed by atoms with Gasteiger partial charge in [0, 0.05) is 5.54 Å². The van der Waals surface area contributed by atoms with Crippen LogP contribution in [0.2, 0.25) is 44.8 Å². The van der Waals surface area contributed by atoms with E-state index in [0.717, 1.165) is 0 Å². The summed E-state index contributed by atoms with van der Waals surface area (Å²) < 4.78 is 0. The fourth-order valence-electron chi connectivity index (χ4n) is 1.31. The third kappa shape index (κ3) is 6.45. The van der Waals surface area contributed by atoms with E-state index < -0.39 is 16.1 Å². The van der Waals surface area contributed by atoms with Crippen molar-refractivity contribution in [1.29, 1.82) is 0 Å². The Bertz CT molecular complexity index is 219. The molecule has 14 heavy (non-hydrogen) atoms. The lowest BCUT2D eigenvalue weighted by Gasteiger charge is -2.24. The molecule has 0 bridgehead atoms. The van der Waals surface area contributed by atoms with Crippen LogP contribution in [-0.2, 0) is 0 Å². The van der Waals surface area contributed by atoms with Crippen LogP contribution >= 0.6 is 0 Å². The predicted octanol–water partition coefficient (Wildman–Crippen LogP) is 4.38. The van der Waals surface area contributed by atoms with Gasteiger partial charge in [0.25, 0.3) is 0 Å². The fourth-order valence-corrected chi connectivity index (χ4v) is 3.73. The molecule has 0 N–H and O–H groups in total. The molecule has 0 aromatic heterocycles. The zero-order valence-corrected chi connectivity index (χ0v) is 13.0. The van der Waals surface area contributed by atoms with Gasteiger partial charge in [-0.3, -0.25) is 0 Å². The lowest BCUT2D eigenvalue weighted by atomic mass is 10.2. The molecule has 0 saturated heterocycles. The van der Waals surface area contributed by atoms with Gasteiger partial charge in [0.15, 0.2) is 0 Å². The highest BCUT2D eigenvalue weighted by atomic mass is 28.3. The zero-order valence-electron chi connectivity index (χ0n) is 11.0. The van der Waals surface area contributed by atoms with Gasteiger partial charge < -0.3 is 0 Å². The van der Waals surface area contributed by atoms with E-state index in [-0.39, 0.29) is 0 Å². The quantitative estimate of drug-likeness (QED) is 0.495. The SMILES string of the molecule is CCCC(C#C[Si](C)(C)C)[Si](C)(C)C. The van der Waals surface area contributed by atoms with Crippen LogP contribution in [0.15, 0.2) is 0 Å². The Labute approximate surface area is 92.5 Å². The van der Waals surface area contributed by atoms with Crippen molar-refractivity contribution in [2.24, 2.45) is 0 Å². The second kappa shape index (κ2) is 5.18. The van der Waals surface area contributed by atoms with Crippen molar-refractivity contribution < 1.29 is 0 Å². The van der Waals surface area contributed by atoms with Crippen molar-refractivity contribution in [3.05, 3.63) is 0 Å². The van der Waals surface area contributed by atoms with Gasteiger partial charge in [-0.15, -0.1) is 11.5 Å². The molecule has 1 unspecified atom stereocenters. The molecule has 0 heterocycles. The zero-order chi connectivity index (χ0) is 11.4. The molecule has 0 aliphatic carbocycles. The summed E-state index contributed by atoms with van der Waals surface area (Å²) >= 11 is 0. The molecule has 0 nitrogen and oxygen atoms in total. The van der Waals surface area contributed by atoms with Crippen molar-refractivity contribution in [3.63, 3.8) is 0 Å². The molecule has 0 aromatic rings. The third-order valence-electron chi connectivity index (χ3n) is 2.24. The fraction of sp³-hybridized carbons (Fsp3) is 0.833. The number of hydrogen-bond acceptors (Lipinski definition) is 0. The summed E-state index contributed by atoms with van der Waals surface area (Å²) in [5.41, 5.74) is 4.24. The van der Waals surface area contributed by atoms with Gasteiger partial charge in [0.2, 0.25) is 0 Å². The monoisotopic (exact) mass is 226 g/mol. The van der Waals surface area contributed by atoms with Crippen LogP contribution in [0, 0.1) is 11.5 Å². The molecule has 0 amide bonds. The van der Waals surface area contributed by atoms with Crippen LogP contribution in [0.4, 0.5) is 0 Å². The molecule has 0 saturated carbocycles. The van der Waals surface area contributed by atoms with E-state index in [1.165, 1.54) is 12.8 Å². The molecule has 0 radical (unpaired) electrons. The number of rotatable bonds is 3. The molecule has 0 aliphatic rings. The normalized spacial score (nSPS) is 14.5. The molecule has 0 spiro atoms. The molecule has 0 fully saturated rings. The highest BCUT2D eigenvalue weighted by Crippen LogP contribution is 2.26. The lowest BCUT2D eigenvalue weighted by Crippen LogP contribution is -2.28. The van der Waals surface area contributed by atoms with Gasteiger partial charge in [-0.05, 0) is 6.42 Å². The summed E-state index contributed by atoms with van der Waals surface area (Å²) in [6.45, 7) is 16.6. The van der Waals surface area contributed by atoms with Gasteiger partial charge in [0.1, 0.15) is 8.07 Å². The first-order chi connectivity index (χ1) is 6.17. The van der Waals surface area contributed by atoms with Crippen LogP contribution in [0.3, 0.4) is 0 Å². The standard InChI is InChI=1S/C12H26Si2/c1-8-9-12(14(5,6)7)10-11-13(2,3)4/h12H,8-9H2,1-7H3. The van der Waals surface area contributed by atoms with Crippen LogP contribution in [0.1, 0.15) is 19.8 Å². The minimum Gasteiger partial charge on any atom is -0.132 e. The van der Waals surface area contributed by atoms with Crippen molar-refractivity contribution >= 4 is 16.1 Å². The Kier molecular flexibility index (Phi) is 5.18. The average molecular weight is 227 g/mol. The molecule has 82 valence electrons. The summed E-state index contributed by atoms with van der Waals surface area (Å²) in [6.07, 6.45) is 2.57. The largest absolute Gasteiger partial charge is 0.132 e. The second-order valence-corrected chi connectivity index (χ2v) is 16.4. The van der Waals surface area contributed by atoms with Crippen LogP contribution < -0.4 is 0 Å². The average Bonchev–Trinajstić information content (AvgIpc) is 1.93. The summed E-state index contributed by atoms with van der Waals surface area (Å²) in [5.74, 6) is 3.57. The van der Waals surface area contributed by atoms with E-state index in [2.05, 4.69) is 57.7 Å². The highest BCUT2D eigenvalue weighted by Gasteiger charge is 2.24. The first-order valence-electron chi connectivity index (χ1n) is 5.69. The van der Waals surface area contributed by atoms with E-state index >= 15 is 0 Å². The summed E-state index contributed by atoms with van der Waals surface area (Å²) in [7, 11) is -2.23. The van der Waals surface area contributed by atoms with Gasteiger partial charge in [0.05, 0.1) is 8.07 Å². The van der Waals surface area contributed by atoms with Crippen molar-refractivity contribution in [2.45, 2.75) is 64.6 Å².